The van der Waals surface area contributed by atoms with Crippen LogP contribution in [0.2, 0.25) is 0 Å². The number of fused-ring (bicyclic) bond motifs is 1. The van der Waals surface area contributed by atoms with Crippen molar-refractivity contribution in [1.29, 1.82) is 0 Å². The number of Topliss-reactive ketones (excluding diaryl/α,β-unsaturated/α-hetero) is 1. The van der Waals surface area contributed by atoms with Crippen LogP contribution in [0.5, 0.6) is 5.75 Å². The molecule has 1 aromatic carbocycles. The van der Waals surface area contributed by atoms with Crippen LogP contribution in [0.15, 0.2) is 34.5 Å². The molecule has 33 heavy (non-hydrogen) atoms. The second kappa shape index (κ2) is 9.61. The zero-order valence-corrected chi connectivity index (χ0v) is 19.5. The Bertz CT molecular complexity index is 1090. The van der Waals surface area contributed by atoms with E-state index in [0.29, 0.717) is 48.9 Å². The molecule has 2 N–H and O–H groups in total. The number of benzene rings is 1. The van der Waals surface area contributed by atoms with Gasteiger partial charge in [0.2, 0.25) is 0 Å². The van der Waals surface area contributed by atoms with Crippen LogP contribution in [-0.4, -0.2) is 34.5 Å². The maximum absolute atomic E-state index is 12.8. The second-order valence-corrected chi connectivity index (χ2v) is 9.43. The number of aliphatic hydroxyl groups excluding tert-OH is 1. The van der Waals surface area contributed by atoms with E-state index in [1.807, 2.05) is 27.7 Å². The standard InChI is InChI=1S/C25H31F3N2O3/c1-5-6-7-21(31)23-20(13-24(3,4)14-22(23)32)29-11-10-17-15(2)30-19-9-8-16(12-18(17)19)33-25(26,27)28/h8-9,12,30-31H,5-7,10-11,13-14H2,1-4H3/b23-21+,29-20?. The van der Waals surface area contributed by atoms with Gasteiger partial charge < -0.3 is 14.8 Å². The van der Waals surface area contributed by atoms with Crippen LogP contribution in [0, 0.1) is 12.3 Å². The molecule has 0 radical (unpaired) electrons. The molecule has 0 aliphatic heterocycles. The predicted octanol–water partition coefficient (Wildman–Crippen LogP) is 6.75. The number of aliphatic imine (C=N–C) groups is 1. The van der Waals surface area contributed by atoms with E-state index in [1.165, 1.54) is 12.1 Å². The number of carbonyl (C=O) groups is 1. The topological polar surface area (TPSA) is 74.7 Å². The number of hydrogen-bond donors (Lipinski definition) is 2. The molecular formula is C25H31F3N2O3. The van der Waals surface area contributed by atoms with Crippen LogP contribution >= 0.6 is 0 Å². The average molecular weight is 465 g/mol. The third-order valence-corrected chi connectivity index (χ3v) is 5.90. The van der Waals surface area contributed by atoms with Gasteiger partial charge in [-0.05, 0) is 55.4 Å². The van der Waals surface area contributed by atoms with Crippen molar-refractivity contribution in [1.82, 2.24) is 4.98 Å². The number of allylic oxidation sites excluding steroid dienone is 2. The molecule has 0 amide bonds. The number of H-pyrrole nitrogens is 1. The van der Waals surface area contributed by atoms with Gasteiger partial charge in [0.05, 0.1) is 5.57 Å². The lowest BCUT2D eigenvalue weighted by Crippen LogP contribution is -2.33. The third kappa shape index (κ3) is 6.18. The molecule has 3 rings (SSSR count). The molecule has 1 saturated carbocycles. The molecule has 0 spiro atoms. The summed E-state index contributed by atoms with van der Waals surface area (Å²) in [5.41, 5.74) is 3.13. The molecule has 2 aromatic rings. The van der Waals surface area contributed by atoms with Crippen molar-refractivity contribution in [3.63, 3.8) is 0 Å². The van der Waals surface area contributed by atoms with E-state index in [0.717, 1.165) is 29.6 Å². The minimum absolute atomic E-state index is 0.0872. The average Bonchev–Trinajstić information content (AvgIpc) is 2.98. The SMILES string of the molecule is CCCC/C(O)=C1\C(=O)CC(C)(C)CC1=NCCc1c(C)[nH]c2ccc(OC(F)(F)F)cc12. The molecule has 0 unspecified atom stereocenters. The van der Waals surface area contributed by atoms with Gasteiger partial charge in [-0.25, -0.2) is 0 Å². The van der Waals surface area contributed by atoms with E-state index in [9.17, 15) is 23.1 Å². The molecule has 0 saturated heterocycles. The molecule has 8 heteroatoms. The molecule has 1 fully saturated rings. The number of nitrogens with zero attached hydrogens (tertiary/aromatic N) is 1. The van der Waals surface area contributed by atoms with Crippen molar-refractivity contribution < 1.29 is 27.8 Å². The number of aryl methyl sites for hydroxylation is 1. The number of carbonyl (C=O) groups excluding carboxylic acids is 1. The molecule has 1 aliphatic carbocycles. The Hall–Kier alpha value is -2.77. The minimum Gasteiger partial charge on any atom is -0.511 e. The van der Waals surface area contributed by atoms with Gasteiger partial charge in [-0.1, -0.05) is 27.2 Å². The van der Waals surface area contributed by atoms with Gasteiger partial charge in [0.15, 0.2) is 5.78 Å². The zero-order chi connectivity index (χ0) is 24.4. The Kier molecular flexibility index (Phi) is 7.24. The number of aliphatic hydroxyl groups is 1. The molecule has 1 aliphatic rings. The van der Waals surface area contributed by atoms with Crippen LogP contribution in [0.1, 0.15) is 64.1 Å². The van der Waals surface area contributed by atoms with Gasteiger partial charge in [0, 0.05) is 41.7 Å². The van der Waals surface area contributed by atoms with Crippen LogP contribution in [0.25, 0.3) is 10.9 Å². The number of aromatic amines is 1. The van der Waals surface area contributed by atoms with Gasteiger partial charge >= 0.3 is 6.36 Å². The first-order chi connectivity index (χ1) is 15.4. The van der Waals surface area contributed by atoms with Crippen LogP contribution < -0.4 is 4.74 Å². The zero-order valence-electron chi connectivity index (χ0n) is 19.5. The summed E-state index contributed by atoms with van der Waals surface area (Å²) in [4.78, 5) is 20.7. The highest BCUT2D eigenvalue weighted by Crippen LogP contribution is 2.36. The number of unbranched alkanes of at least 4 members (excludes halogenated alkanes) is 1. The maximum Gasteiger partial charge on any atom is 0.573 e. The first kappa shape index (κ1) is 24.9. The number of aromatic nitrogens is 1. The highest BCUT2D eigenvalue weighted by Gasteiger charge is 2.36. The largest absolute Gasteiger partial charge is 0.573 e. The fourth-order valence-electron chi connectivity index (χ4n) is 4.40. The number of nitrogens with one attached hydrogen (secondary N) is 1. The fourth-order valence-corrected chi connectivity index (χ4v) is 4.40. The summed E-state index contributed by atoms with van der Waals surface area (Å²) in [6.45, 7) is 8.25. The molecule has 0 bridgehead atoms. The van der Waals surface area contributed by atoms with Crippen molar-refractivity contribution in [2.24, 2.45) is 10.4 Å². The van der Waals surface area contributed by atoms with Crippen LogP contribution in [0.3, 0.4) is 0 Å². The molecule has 5 nitrogen and oxygen atoms in total. The first-order valence-electron chi connectivity index (χ1n) is 11.3. The lowest BCUT2D eigenvalue weighted by Gasteiger charge is -2.31. The number of halogens is 3. The number of ether oxygens (including phenoxy) is 1. The summed E-state index contributed by atoms with van der Waals surface area (Å²) < 4.78 is 42.0. The van der Waals surface area contributed by atoms with Gasteiger partial charge in [0.1, 0.15) is 11.5 Å². The normalized spacial score (nSPS) is 19.4. The highest BCUT2D eigenvalue weighted by molar-refractivity contribution is 6.24. The molecule has 1 aromatic heterocycles. The van der Waals surface area contributed by atoms with Crippen molar-refractivity contribution in [2.45, 2.75) is 72.6 Å². The Morgan fingerprint density at radius 1 is 1.27 bits per heavy atom. The molecule has 0 atom stereocenters. The van der Waals surface area contributed by atoms with Crippen molar-refractivity contribution >= 4 is 22.4 Å². The predicted molar refractivity (Wildman–Crippen MR) is 123 cm³/mol. The van der Waals surface area contributed by atoms with Gasteiger partial charge in [-0.2, -0.15) is 0 Å². The lowest BCUT2D eigenvalue weighted by molar-refractivity contribution is -0.274. The first-order valence-corrected chi connectivity index (χ1v) is 11.3. The number of hydrogen-bond acceptors (Lipinski definition) is 4. The second-order valence-electron chi connectivity index (χ2n) is 9.43. The van der Waals surface area contributed by atoms with E-state index < -0.39 is 6.36 Å². The molecule has 1 heterocycles. The Morgan fingerprint density at radius 2 is 2.00 bits per heavy atom. The van der Waals surface area contributed by atoms with Crippen molar-refractivity contribution in [2.75, 3.05) is 6.54 Å². The van der Waals surface area contributed by atoms with Gasteiger partial charge in [-0.3, -0.25) is 9.79 Å². The fraction of sp³-hybridized carbons (Fsp3) is 0.520. The van der Waals surface area contributed by atoms with Gasteiger partial charge in [0.25, 0.3) is 0 Å². The van der Waals surface area contributed by atoms with Gasteiger partial charge in [-0.15, -0.1) is 13.2 Å². The van der Waals surface area contributed by atoms with E-state index in [4.69, 9.17) is 4.99 Å². The Balaban J connectivity index is 1.88. The van der Waals surface area contributed by atoms with Crippen LogP contribution in [-0.2, 0) is 11.2 Å². The highest BCUT2D eigenvalue weighted by atomic mass is 19.4. The Labute approximate surface area is 191 Å². The third-order valence-electron chi connectivity index (χ3n) is 5.90. The summed E-state index contributed by atoms with van der Waals surface area (Å²) in [7, 11) is 0. The van der Waals surface area contributed by atoms with E-state index >= 15 is 0 Å². The summed E-state index contributed by atoms with van der Waals surface area (Å²) in [6, 6.07) is 4.22. The number of alkyl halides is 3. The van der Waals surface area contributed by atoms with E-state index in [-0.39, 0.29) is 22.7 Å². The summed E-state index contributed by atoms with van der Waals surface area (Å²) >= 11 is 0. The lowest BCUT2D eigenvalue weighted by atomic mass is 9.73. The quantitative estimate of drug-likeness (QED) is 0.352. The summed E-state index contributed by atoms with van der Waals surface area (Å²) in [5, 5.41) is 11.2. The molecular weight excluding hydrogens is 433 g/mol. The minimum atomic E-state index is -4.76. The van der Waals surface area contributed by atoms with Crippen molar-refractivity contribution in [3.05, 3.63) is 40.8 Å². The summed E-state index contributed by atoms with van der Waals surface area (Å²) in [6.07, 6.45) is -1.20. The smallest absolute Gasteiger partial charge is 0.511 e. The summed E-state index contributed by atoms with van der Waals surface area (Å²) in [5.74, 6) is -0.253. The van der Waals surface area contributed by atoms with Crippen LogP contribution in [0.4, 0.5) is 13.2 Å². The monoisotopic (exact) mass is 464 g/mol. The molecule has 180 valence electrons. The number of rotatable bonds is 7. The van der Waals surface area contributed by atoms with E-state index in [1.54, 1.807) is 6.07 Å². The maximum atomic E-state index is 12.8. The Morgan fingerprint density at radius 3 is 2.67 bits per heavy atom. The number of ketones is 1. The van der Waals surface area contributed by atoms with E-state index in [2.05, 4.69) is 9.72 Å². The van der Waals surface area contributed by atoms with Crippen molar-refractivity contribution in [3.8, 4) is 5.75 Å².